The Hall–Kier alpha value is -1.27. The lowest BCUT2D eigenvalue weighted by Crippen LogP contribution is -2.26. The fraction of sp³-hybridized carbons (Fsp3) is 0.600. The summed E-state index contributed by atoms with van der Waals surface area (Å²) in [7, 11) is 0. The van der Waals surface area contributed by atoms with Gasteiger partial charge < -0.3 is 15.2 Å². The topological polar surface area (TPSA) is 41.5 Å². The Morgan fingerprint density at radius 1 is 1.24 bits per heavy atom. The van der Waals surface area contributed by atoms with Crippen molar-refractivity contribution in [3.05, 3.63) is 29.8 Å². The number of alkyl halides is 3. The molecule has 0 amide bonds. The minimum atomic E-state index is -4.68. The van der Waals surface area contributed by atoms with Crippen molar-refractivity contribution in [2.24, 2.45) is 5.92 Å². The van der Waals surface area contributed by atoms with Gasteiger partial charge in [0, 0.05) is 6.04 Å². The van der Waals surface area contributed by atoms with E-state index in [1.165, 1.54) is 18.2 Å². The van der Waals surface area contributed by atoms with Crippen LogP contribution in [-0.2, 0) is 0 Å². The molecule has 3 unspecified atom stereocenters. The van der Waals surface area contributed by atoms with Crippen molar-refractivity contribution in [2.75, 3.05) is 6.54 Å². The van der Waals surface area contributed by atoms with Crippen LogP contribution in [-0.4, -0.2) is 24.1 Å². The second-order valence-electron chi connectivity index (χ2n) is 5.44. The number of aliphatic hydroxyl groups excluding tert-OH is 1. The van der Waals surface area contributed by atoms with E-state index in [1.807, 2.05) is 13.8 Å². The predicted octanol–water partition coefficient (Wildman–Crippen LogP) is 3.64. The third kappa shape index (κ3) is 7.34. The monoisotopic (exact) mass is 305 g/mol. The van der Waals surface area contributed by atoms with Crippen molar-refractivity contribution >= 4 is 0 Å². The summed E-state index contributed by atoms with van der Waals surface area (Å²) < 4.78 is 40.5. The van der Waals surface area contributed by atoms with Crippen molar-refractivity contribution in [2.45, 2.75) is 45.7 Å². The van der Waals surface area contributed by atoms with E-state index in [9.17, 15) is 18.3 Å². The molecule has 0 aliphatic carbocycles. The van der Waals surface area contributed by atoms with Gasteiger partial charge in [0.2, 0.25) is 0 Å². The lowest BCUT2D eigenvalue weighted by atomic mass is 10.0. The molecular formula is C15H22F3NO2. The Balaban J connectivity index is 2.58. The molecule has 0 aliphatic heterocycles. The van der Waals surface area contributed by atoms with Crippen LogP contribution in [0.15, 0.2) is 24.3 Å². The molecule has 0 spiro atoms. The van der Waals surface area contributed by atoms with Crippen LogP contribution in [0, 0.1) is 5.92 Å². The smallest absolute Gasteiger partial charge is 0.406 e. The van der Waals surface area contributed by atoms with Crippen LogP contribution in [0.1, 0.15) is 38.8 Å². The quantitative estimate of drug-likeness (QED) is 0.808. The summed E-state index contributed by atoms with van der Waals surface area (Å²) in [5.41, 5.74) is 0.723. The molecular weight excluding hydrogens is 283 g/mol. The van der Waals surface area contributed by atoms with Crippen molar-refractivity contribution in [3.8, 4) is 5.75 Å². The fourth-order valence-corrected chi connectivity index (χ4v) is 2.14. The van der Waals surface area contributed by atoms with Crippen LogP contribution in [0.2, 0.25) is 0 Å². The van der Waals surface area contributed by atoms with E-state index >= 15 is 0 Å². The van der Waals surface area contributed by atoms with Gasteiger partial charge in [-0.05, 0) is 50.4 Å². The van der Waals surface area contributed by atoms with E-state index in [0.717, 1.165) is 5.56 Å². The number of benzene rings is 1. The van der Waals surface area contributed by atoms with E-state index in [0.29, 0.717) is 13.0 Å². The molecule has 0 heterocycles. The normalized spacial score (nSPS) is 16.3. The van der Waals surface area contributed by atoms with Crippen LogP contribution in [0.4, 0.5) is 13.2 Å². The van der Waals surface area contributed by atoms with Crippen LogP contribution >= 0.6 is 0 Å². The molecule has 120 valence electrons. The molecule has 0 saturated heterocycles. The first-order valence-corrected chi connectivity index (χ1v) is 6.94. The number of aliphatic hydroxyl groups is 1. The highest BCUT2D eigenvalue weighted by Gasteiger charge is 2.31. The molecule has 1 aromatic carbocycles. The Morgan fingerprint density at radius 2 is 1.90 bits per heavy atom. The molecule has 1 aromatic rings. The number of nitrogens with one attached hydrogen (secondary N) is 1. The van der Waals surface area contributed by atoms with Gasteiger partial charge in [-0.2, -0.15) is 0 Å². The summed E-state index contributed by atoms with van der Waals surface area (Å²) in [6.07, 6.45) is -4.36. The van der Waals surface area contributed by atoms with Crippen molar-refractivity contribution in [3.63, 3.8) is 0 Å². The molecule has 0 fully saturated rings. The zero-order valence-electron chi connectivity index (χ0n) is 12.4. The van der Waals surface area contributed by atoms with Gasteiger partial charge in [-0.3, -0.25) is 0 Å². The number of hydrogen-bond donors (Lipinski definition) is 2. The van der Waals surface area contributed by atoms with E-state index in [4.69, 9.17) is 0 Å². The van der Waals surface area contributed by atoms with Gasteiger partial charge in [0.1, 0.15) is 5.75 Å². The fourth-order valence-electron chi connectivity index (χ4n) is 2.14. The van der Waals surface area contributed by atoms with Gasteiger partial charge in [0.25, 0.3) is 0 Å². The number of rotatable bonds is 7. The van der Waals surface area contributed by atoms with E-state index < -0.39 is 6.36 Å². The molecule has 0 radical (unpaired) electrons. The first-order valence-electron chi connectivity index (χ1n) is 6.94. The maximum atomic E-state index is 12.2. The highest BCUT2D eigenvalue weighted by Crippen LogP contribution is 2.25. The Bertz CT molecular complexity index is 435. The Morgan fingerprint density at radius 3 is 2.48 bits per heavy atom. The van der Waals surface area contributed by atoms with Crippen LogP contribution in [0.25, 0.3) is 0 Å². The van der Waals surface area contributed by atoms with Crippen molar-refractivity contribution < 1.29 is 23.0 Å². The summed E-state index contributed by atoms with van der Waals surface area (Å²) in [4.78, 5) is 0. The summed E-state index contributed by atoms with van der Waals surface area (Å²) in [5, 5.41) is 12.5. The predicted molar refractivity (Wildman–Crippen MR) is 75.0 cm³/mol. The lowest BCUT2D eigenvalue weighted by molar-refractivity contribution is -0.274. The number of ether oxygens (including phenoxy) is 1. The second kappa shape index (κ2) is 7.66. The summed E-state index contributed by atoms with van der Waals surface area (Å²) in [5.74, 6) is 0.0627. The minimum absolute atomic E-state index is 0.0989. The molecule has 2 N–H and O–H groups in total. The number of hydrogen-bond acceptors (Lipinski definition) is 3. The van der Waals surface area contributed by atoms with Gasteiger partial charge >= 0.3 is 6.36 Å². The Labute approximate surface area is 123 Å². The standard InChI is InChI=1S/C15H22F3NO2/c1-10(7-11(2)20)9-19-12(3)13-5-4-6-14(8-13)21-15(16,17)18/h4-6,8,10-12,19-20H,7,9H2,1-3H3. The lowest BCUT2D eigenvalue weighted by Gasteiger charge is -2.19. The van der Waals surface area contributed by atoms with Crippen LogP contribution in [0.3, 0.4) is 0 Å². The second-order valence-corrected chi connectivity index (χ2v) is 5.44. The highest BCUT2D eigenvalue weighted by molar-refractivity contribution is 5.30. The Kier molecular flexibility index (Phi) is 6.48. The SMILES string of the molecule is CC(O)CC(C)CNC(C)c1cccc(OC(F)(F)F)c1. The average Bonchev–Trinajstić information content (AvgIpc) is 2.33. The largest absolute Gasteiger partial charge is 0.573 e. The maximum absolute atomic E-state index is 12.2. The third-order valence-electron chi connectivity index (χ3n) is 3.11. The van der Waals surface area contributed by atoms with Crippen molar-refractivity contribution in [1.82, 2.24) is 5.32 Å². The van der Waals surface area contributed by atoms with Crippen LogP contribution < -0.4 is 10.1 Å². The highest BCUT2D eigenvalue weighted by atomic mass is 19.4. The van der Waals surface area contributed by atoms with Gasteiger partial charge in [0.15, 0.2) is 0 Å². The van der Waals surface area contributed by atoms with Gasteiger partial charge in [0.05, 0.1) is 6.10 Å². The molecule has 0 saturated carbocycles. The van der Waals surface area contributed by atoms with Gasteiger partial charge in [-0.15, -0.1) is 13.2 Å². The van der Waals surface area contributed by atoms with Crippen LogP contribution in [0.5, 0.6) is 5.75 Å². The molecule has 21 heavy (non-hydrogen) atoms. The molecule has 0 bridgehead atoms. The first kappa shape index (κ1) is 17.8. The first-order chi connectivity index (χ1) is 9.67. The van der Waals surface area contributed by atoms with E-state index in [2.05, 4.69) is 10.1 Å². The minimum Gasteiger partial charge on any atom is -0.406 e. The molecule has 1 rings (SSSR count). The molecule has 3 nitrogen and oxygen atoms in total. The molecule has 0 aliphatic rings. The summed E-state index contributed by atoms with van der Waals surface area (Å²) in [6, 6.07) is 5.84. The number of halogens is 3. The average molecular weight is 305 g/mol. The maximum Gasteiger partial charge on any atom is 0.573 e. The van der Waals surface area contributed by atoms with E-state index in [-0.39, 0.29) is 23.8 Å². The summed E-state index contributed by atoms with van der Waals surface area (Å²) in [6.45, 7) is 6.30. The molecule has 0 aromatic heterocycles. The summed E-state index contributed by atoms with van der Waals surface area (Å²) >= 11 is 0. The molecule has 6 heteroatoms. The zero-order valence-corrected chi connectivity index (χ0v) is 12.4. The zero-order chi connectivity index (χ0) is 16.0. The van der Waals surface area contributed by atoms with Gasteiger partial charge in [-0.1, -0.05) is 19.1 Å². The molecule has 3 atom stereocenters. The van der Waals surface area contributed by atoms with E-state index in [1.54, 1.807) is 13.0 Å². The van der Waals surface area contributed by atoms with Crippen molar-refractivity contribution in [1.29, 1.82) is 0 Å². The van der Waals surface area contributed by atoms with Gasteiger partial charge in [-0.25, -0.2) is 0 Å². The third-order valence-corrected chi connectivity index (χ3v) is 3.11.